The second-order valence-electron chi connectivity index (χ2n) is 4.98. The van der Waals surface area contributed by atoms with Crippen molar-refractivity contribution in [1.29, 1.82) is 0 Å². The molecular formula is C13H15F4N. The van der Waals surface area contributed by atoms with Gasteiger partial charge in [-0.05, 0) is 43.4 Å². The molecule has 1 fully saturated rings. The summed E-state index contributed by atoms with van der Waals surface area (Å²) < 4.78 is 50.5. The van der Waals surface area contributed by atoms with E-state index in [0.29, 0.717) is 5.56 Å². The number of alkyl halides is 3. The first-order valence-electron chi connectivity index (χ1n) is 5.93. The summed E-state index contributed by atoms with van der Waals surface area (Å²) in [6.07, 6.45) is -3.50. The van der Waals surface area contributed by atoms with Crippen LogP contribution in [0, 0.1) is 11.7 Å². The van der Waals surface area contributed by atoms with Gasteiger partial charge in [0.2, 0.25) is 0 Å². The van der Waals surface area contributed by atoms with E-state index in [2.05, 4.69) is 0 Å². The fourth-order valence-electron chi connectivity index (χ4n) is 2.53. The lowest BCUT2D eigenvalue weighted by atomic mass is 9.73. The molecule has 0 heterocycles. The second-order valence-corrected chi connectivity index (χ2v) is 4.98. The van der Waals surface area contributed by atoms with Crippen molar-refractivity contribution in [2.45, 2.75) is 37.4 Å². The lowest BCUT2D eigenvalue weighted by Gasteiger charge is -2.38. The average molecular weight is 261 g/mol. The monoisotopic (exact) mass is 261 g/mol. The molecule has 0 saturated heterocycles. The zero-order valence-electron chi connectivity index (χ0n) is 9.80. The maximum atomic E-state index is 12.8. The van der Waals surface area contributed by atoms with Crippen molar-refractivity contribution >= 4 is 0 Å². The van der Waals surface area contributed by atoms with Gasteiger partial charge in [-0.15, -0.1) is 0 Å². The Kier molecular flexibility index (Phi) is 3.36. The summed E-state index contributed by atoms with van der Waals surface area (Å²) in [7, 11) is 0. The largest absolute Gasteiger partial charge is 0.391 e. The molecule has 0 unspecified atom stereocenters. The number of nitrogens with two attached hydrogens (primary N) is 1. The molecule has 1 aliphatic rings. The number of halogens is 4. The number of hydrogen-bond acceptors (Lipinski definition) is 1. The van der Waals surface area contributed by atoms with Crippen LogP contribution in [0.4, 0.5) is 17.6 Å². The van der Waals surface area contributed by atoms with Crippen LogP contribution in [-0.4, -0.2) is 6.18 Å². The fourth-order valence-corrected chi connectivity index (χ4v) is 2.53. The number of benzene rings is 1. The van der Waals surface area contributed by atoms with E-state index in [1.165, 1.54) is 12.1 Å². The minimum absolute atomic E-state index is 0.0391. The lowest BCUT2D eigenvalue weighted by Crippen LogP contribution is -2.43. The minimum Gasteiger partial charge on any atom is -0.321 e. The summed E-state index contributed by atoms with van der Waals surface area (Å²) in [5, 5.41) is 0. The van der Waals surface area contributed by atoms with E-state index >= 15 is 0 Å². The standard InChI is InChI=1S/C13H15F4N/c14-11-3-1-9(2-4-11)12(18)7-5-10(6-8-12)13(15,16)17/h1-4,10H,5-8,18H2. The highest BCUT2D eigenvalue weighted by Gasteiger charge is 2.44. The molecule has 1 aromatic carbocycles. The topological polar surface area (TPSA) is 26.0 Å². The molecule has 1 nitrogen and oxygen atoms in total. The second kappa shape index (κ2) is 4.53. The van der Waals surface area contributed by atoms with E-state index in [0.717, 1.165) is 0 Å². The van der Waals surface area contributed by atoms with Crippen LogP contribution in [0.15, 0.2) is 24.3 Å². The van der Waals surface area contributed by atoms with E-state index in [4.69, 9.17) is 5.73 Å². The Labute approximate surface area is 103 Å². The van der Waals surface area contributed by atoms with Crippen LogP contribution in [0.25, 0.3) is 0 Å². The molecule has 0 aliphatic heterocycles. The normalized spacial score (nSPS) is 29.3. The molecule has 0 bridgehead atoms. The van der Waals surface area contributed by atoms with E-state index < -0.39 is 17.6 Å². The minimum atomic E-state index is -4.13. The lowest BCUT2D eigenvalue weighted by molar-refractivity contribution is -0.184. The van der Waals surface area contributed by atoms with Gasteiger partial charge in [-0.1, -0.05) is 12.1 Å². The summed E-state index contributed by atoms with van der Waals surface area (Å²) in [5.41, 5.74) is 6.10. The quantitative estimate of drug-likeness (QED) is 0.766. The molecule has 0 radical (unpaired) electrons. The van der Waals surface area contributed by atoms with Gasteiger partial charge in [0.05, 0.1) is 5.92 Å². The van der Waals surface area contributed by atoms with Gasteiger partial charge in [0.15, 0.2) is 0 Å². The third-order valence-electron chi connectivity index (χ3n) is 3.76. The molecule has 0 amide bonds. The van der Waals surface area contributed by atoms with Crippen molar-refractivity contribution < 1.29 is 17.6 Å². The predicted molar refractivity (Wildman–Crippen MR) is 60.3 cm³/mol. The van der Waals surface area contributed by atoms with Crippen LogP contribution in [0.3, 0.4) is 0 Å². The van der Waals surface area contributed by atoms with Crippen molar-refractivity contribution in [3.63, 3.8) is 0 Å². The average Bonchev–Trinajstić information content (AvgIpc) is 2.29. The molecule has 18 heavy (non-hydrogen) atoms. The molecule has 5 heteroatoms. The Morgan fingerprint density at radius 3 is 2.00 bits per heavy atom. The van der Waals surface area contributed by atoms with Crippen LogP contribution in [0.2, 0.25) is 0 Å². The van der Waals surface area contributed by atoms with Crippen molar-refractivity contribution in [3.05, 3.63) is 35.6 Å². The number of hydrogen-bond donors (Lipinski definition) is 1. The first kappa shape index (κ1) is 13.3. The van der Waals surface area contributed by atoms with Gasteiger partial charge in [-0.2, -0.15) is 13.2 Å². The fraction of sp³-hybridized carbons (Fsp3) is 0.538. The zero-order chi connectivity index (χ0) is 13.4. The smallest absolute Gasteiger partial charge is 0.321 e. The van der Waals surface area contributed by atoms with Gasteiger partial charge in [-0.25, -0.2) is 4.39 Å². The highest BCUT2D eigenvalue weighted by molar-refractivity contribution is 5.25. The summed E-state index contributed by atoms with van der Waals surface area (Å²) in [6, 6.07) is 5.70. The van der Waals surface area contributed by atoms with Gasteiger partial charge >= 0.3 is 6.18 Å². The van der Waals surface area contributed by atoms with Crippen molar-refractivity contribution in [2.24, 2.45) is 11.7 Å². The molecule has 100 valence electrons. The van der Waals surface area contributed by atoms with Gasteiger partial charge < -0.3 is 5.73 Å². The molecular weight excluding hydrogens is 246 g/mol. The Bertz CT molecular complexity index is 402. The van der Waals surface area contributed by atoms with Crippen LogP contribution in [-0.2, 0) is 5.54 Å². The van der Waals surface area contributed by atoms with Crippen LogP contribution >= 0.6 is 0 Å². The van der Waals surface area contributed by atoms with Crippen LogP contribution < -0.4 is 5.73 Å². The van der Waals surface area contributed by atoms with Gasteiger partial charge in [0.25, 0.3) is 0 Å². The zero-order valence-corrected chi connectivity index (χ0v) is 9.80. The molecule has 1 saturated carbocycles. The van der Waals surface area contributed by atoms with Crippen molar-refractivity contribution in [2.75, 3.05) is 0 Å². The van der Waals surface area contributed by atoms with Gasteiger partial charge in [0, 0.05) is 5.54 Å². The third kappa shape index (κ3) is 2.66. The SMILES string of the molecule is NC1(c2ccc(F)cc2)CCC(C(F)(F)F)CC1. The summed E-state index contributed by atoms with van der Waals surface area (Å²) in [4.78, 5) is 0. The molecule has 1 aromatic rings. The number of rotatable bonds is 1. The summed E-state index contributed by atoms with van der Waals surface area (Å²) in [5.74, 6) is -1.62. The van der Waals surface area contributed by atoms with E-state index in [1.54, 1.807) is 12.1 Å². The molecule has 2 N–H and O–H groups in total. The molecule has 2 rings (SSSR count). The highest BCUT2D eigenvalue weighted by atomic mass is 19.4. The molecule has 0 atom stereocenters. The Balaban J connectivity index is 2.10. The molecule has 0 spiro atoms. The van der Waals surface area contributed by atoms with Gasteiger partial charge in [-0.3, -0.25) is 0 Å². The van der Waals surface area contributed by atoms with Crippen molar-refractivity contribution in [1.82, 2.24) is 0 Å². The summed E-state index contributed by atoms with van der Waals surface area (Å²) in [6.45, 7) is 0. The molecule has 0 aromatic heterocycles. The maximum absolute atomic E-state index is 12.8. The third-order valence-corrected chi connectivity index (χ3v) is 3.76. The van der Waals surface area contributed by atoms with E-state index in [1.807, 2.05) is 0 Å². The van der Waals surface area contributed by atoms with Crippen molar-refractivity contribution in [3.8, 4) is 0 Å². The van der Waals surface area contributed by atoms with E-state index in [9.17, 15) is 17.6 Å². The summed E-state index contributed by atoms with van der Waals surface area (Å²) >= 11 is 0. The molecule has 1 aliphatic carbocycles. The maximum Gasteiger partial charge on any atom is 0.391 e. The van der Waals surface area contributed by atoms with Crippen LogP contribution in [0.5, 0.6) is 0 Å². The van der Waals surface area contributed by atoms with E-state index in [-0.39, 0.29) is 31.5 Å². The Hall–Kier alpha value is -1.10. The highest BCUT2D eigenvalue weighted by Crippen LogP contribution is 2.43. The predicted octanol–water partition coefficient (Wildman–Crippen LogP) is 3.73. The Morgan fingerprint density at radius 2 is 1.56 bits per heavy atom. The first-order chi connectivity index (χ1) is 8.31. The van der Waals surface area contributed by atoms with Crippen LogP contribution in [0.1, 0.15) is 31.2 Å². The van der Waals surface area contributed by atoms with Gasteiger partial charge in [0.1, 0.15) is 5.82 Å². The first-order valence-corrected chi connectivity index (χ1v) is 5.93. The Morgan fingerprint density at radius 1 is 1.06 bits per heavy atom.